The molecule has 1 atom stereocenters. The van der Waals surface area contributed by atoms with Crippen LogP contribution in [0.2, 0.25) is 0 Å². The summed E-state index contributed by atoms with van der Waals surface area (Å²) in [6, 6.07) is 31.2. The van der Waals surface area contributed by atoms with Crippen LogP contribution in [-0.2, 0) is 29.3 Å². The molecule has 2 heterocycles. The smallest absolute Gasteiger partial charge is 0.376 e. The molecule has 4 aromatic carbocycles. The number of halogens is 6. The summed E-state index contributed by atoms with van der Waals surface area (Å²) in [5, 5.41) is 0. The molecule has 14 heteroatoms. The van der Waals surface area contributed by atoms with Crippen molar-refractivity contribution in [2.24, 2.45) is 0 Å². The average Bonchev–Trinajstić information content (AvgIpc) is 3.52. The van der Waals surface area contributed by atoms with Gasteiger partial charge in [-0.15, -0.1) is 0 Å². The summed E-state index contributed by atoms with van der Waals surface area (Å²) in [7, 11) is -5.88. The van der Waals surface area contributed by atoms with Crippen LogP contribution in [-0.4, -0.2) is 59.9 Å². The van der Waals surface area contributed by atoms with Crippen molar-refractivity contribution in [1.82, 2.24) is 14.4 Å². The second kappa shape index (κ2) is 14.3. The van der Waals surface area contributed by atoms with Gasteiger partial charge in [0.25, 0.3) is 5.91 Å². The number of alkyl halides is 6. The van der Waals surface area contributed by atoms with E-state index in [1.54, 1.807) is 48.5 Å². The highest BCUT2D eigenvalue weighted by Gasteiger charge is 2.48. The third kappa shape index (κ3) is 7.97. The molecule has 0 radical (unpaired) electrons. The quantitative estimate of drug-likeness (QED) is 0.0876. The van der Waals surface area contributed by atoms with Crippen LogP contribution >= 0.6 is 0 Å². The Labute approximate surface area is 290 Å². The van der Waals surface area contributed by atoms with E-state index >= 15 is 0 Å². The van der Waals surface area contributed by atoms with Crippen LogP contribution in [0.3, 0.4) is 0 Å². The Morgan fingerprint density at radius 2 is 1.33 bits per heavy atom. The first-order valence-electron chi connectivity index (χ1n) is 15.8. The molecule has 1 fully saturated rings. The van der Waals surface area contributed by atoms with Crippen molar-refractivity contribution >= 4 is 16.0 Å². The van der Waals surface area contributed by atoms with E-state index < -0.39 is 45.2 Å². The van der Waals surface area contributed by atoms with Crippen LogP contribution in [0.5, 0.6) is 5.75 Å². The number of nitrogens with zero attached hydrogens (tertiary/aromatic N) is 3. The number of benzene rings is 4. The lowest BCUT2D eigenvalue weighted by Crippen LogP contribution is -2.55. The van der Waals surface area contributed by atoms with Gasteiger partial charge in [0, 0.05) is 37.9 Å². The fourth-order valence-corrected chi connectivity index (χ4v) is 6.70. The van der Waals surface area contributed by atoms with Gasteiger partial charge in [-0.25, -0.2) is 0 Å². The van der Waals surface area contributed by atoms with E-state index in [2.05, 4.69) is 9.08 Å². The topological polar surface area (TPSA) is 71.9 Å². The molecule has 1 amide bonds. The number of carbonyl (C=O) groups is 1. The summed E-state index contributed by atoms with van der Waals surface area (Å²) >= 11 is 0. The first kappa shape index (κ1) is 35.7. The summed E-state index contributed by atoms with van der Waals surface area (Å²) in [5.74, 6) is -1.16. The van der Waals surface area contributed by atoms with Crippen LogP contribution in [0.15, 0.2) is 121 Å². The molecule has 51 heavy (non-hydrogen) atoms. The Bertz CT molecular complexity index is 2070. The molecule has 0 saturated carbocycles. The van der Waals surface area contributed by atoms with Gasteiger partial charge in [-0.05, 0) is 53.4 Å². The molecule has 1 saturated heterocycles. The highest BCUT2D eigenvalue weighted by molar-refractivity contribution is 7.88. The van der Waals surface area contributed by atoms with Gasteiger partial charge in [0.05, 0.1) is 11.3 Å². The van der Waals surface area contributed by atoms with Crippen molar-refractivity contribution < 1.29 is 43.7 Å². The number of hydrogen-bond acceptors (Lipinski definition) is 5. The fourth-order valence-electron chi connectivity index (χ4n) is 6.24. The molecule has 7 nitrogen and oxygen atoms in total. The molecule has 6 rings (SSSR count). The van der Waals surface area contributed by atoms with Crippen molar-refractivity contribution in [2.75, 3.05) is 19.6 Å². The molecule has 0 N–H and O–H groups in total. The van der Waals surface area contributed by atoms with Gasteiger partial charge in [0.2, 0.25) is 0 Å². The number of rotatable bonds is 9. The average molecular weight is 728 g/mol. The predicted octanol–water partition coefficient (Wildman–Crippen LogP) is 7.96. The van der Waals surface area contributed by atoms with E-state index in [-0.39, 0.29) is 29.9 Å². The predicted molar refractivity (Wildman–Crippen MR) is 178 cm³/mol. The largest absolute Gasteiger partial charge is 0.534 e. The summed E-state index contributed by atoms with van der Waals surface area (Å²) in [4.78, 5) is 18.3. The van der Waals surface area contributed by atoms with Crippen LogP contribution < -0.4 is 4.18 Å². The second-order valence-electron chi connectivity index (χ2n) is 12.0. The summed E-state index contributed by atoms with van der Waals surface area (Å²) in [6.07, 6.45) is -4.65. The number of aromatic nitrogens is 1. The summed E-state index contributed by atoms with van der Waals surface area (Å²) in [5.41, 5.74) is -4.50. The Kier molecular flexibility index (Phi) is 10.0. The second-order valence-corrected chi connectivity index (χ2v) is 13.6. The first-order chi connectivity index (χ1) is 24.2. The zero-order chi connectivity index (χ0) is 36.4. The van der Waals surface area contributed by atoms with E-state index in [9.17, 15) is 39.6 Å². The maximum Gasteiger partial charge on any atom is 0.534 e. The van der Waals surface area contributed by atoms with Gasteiger partial charge in [-0.1, -0.05) is 91.0 Å². The monoisotopic (exact) mass is 727 g/mol. The van der Waals surface area contributed by atoms with Crippen molar-refractivity contribution in [2.45, 2.75) is 30.7 Å². The van der Waals surface area contributed by atoms with Crippen molar-refractivity contribution in [3.63, 3.8) is 0 Å². The number of hydrogen-bond donors (Lipinski definition) is 0. The minimum Gasteiger partial charge on any atom is -0.376 e. The normalized spacial score (nSPS) is 15.9. The lowest BCUT2D eigenvalue weighted by molar-refractivity contribution is -0.142. The SMILES string of the molecule is O=C(c1cc(C(F)(F)F)n(-c2ccccc2)c1-c1ccccc1)N1CCN(Cc2ccccc2)CC1Cc1ccc(OS(=O)(=O)C(F)(F)F)cc1. The molecule has 1 aliphatic rings. The Morgan fingerprint density at radius 1 is 0.745 bits per heavy atom. The molecular weight excluding hydrogens is 696 g/mol. The number of carbonyl (C=O) groups excluding carboxylic acids is 1. The highest BCUT2D eigenvalue weighted by atomic mass is 32.2. The summed E-state index contributed by atoms with van der Waals surface area (Å²) < 4.78 is 111. The third-order valence-corrected chi connectivity index (χ3v) is 9.52. The van der Waals surface area contributed by atoms with Crippen LogP contribution in [0.1, 0.15) is 27.2 Å². The molecule has 0 aliphatic carbocycles. The minimum atomic E-state index is -5.88. The lowest BCUT2D eigenvalue weighted by atomic mass is 9.99. The third-order valence-electron chi connectivity index (χ3n) is 8.54. The van der Waals surface area contributed by atoms with E-state index in [0.29, 0.717) is 30.8 Å². The minimum absolute atomic E-state index is 0.0805. The van der Waals surface area contributed by atoms with E-state index in [1.807, 2.05) is 30.3 Å². The first-order valence-corrected chi connectivity index (χ1v) is 17.2. The van der Waals surface area contributed by atoms with Crippen molar-refractivity contribution in [1.29, 1.82) is 0 Å². The van der Waals surface area contributed by atoms with Crippen molar-refractivity contribution in [3.05, 3.63) is 144 Å². The van der Waals surface area contributed by atoms with Gasteiger partial charge >= 0.3 is 21.8 Å². The zero-order valence-electron chi connectivity index (χ0n) is 26.8. The van der Waals surface area contributed by atoms with Gasteiger partial charge in [0.1, 0.15) is 11.4 Å². The van der Waals surface area contributed by atoms with Gasteiger partial charge in [-0.3, -0.25) is 9.69 Å². The van der Waals surface area contributed by atoms with E-state index in [0.717, 1.165) is 28.3 Å². The molecule has 1 aromatic heterocycles. The Morgan fingerprint density at radius 3 is 1.92 bits per heavy atom. The molecule has 5 aromatic rings. The highest BCUT2D eigenvalue weighted by Crippen LogP contribution is 2.40. The van der Waals surface area contributed by atoms with Crippen molar-refractivity contribution in [3.8, 4) is 22.7 Å². The van der Waals surface area contributed by atoms with Crippen LogP contribution in [0.4, 0.5) is 26.3 Å². The maximum atomic E-state index is 14.7. The van der Waals surface area contributed by atoms with E-state index in [1.165, 1.54) is 29.2 Å². The molecule has 266 valence electrons. The summed E-state index contributed by atoms with van der Waals surface area (Å²) in [6.45, 7) is 1.46. The van der Waals surface area contributed by atoms with E-state index in [4.69, 9.17) is 0 Å². The fraction of sp³-hybridized carbons (Fsp3) is 0.216. The molecule has 0 bridgehead atoms. The zero-order valence-corrected chi connectivity index (χ0v) is 27.6. The molecule has 1 unspecified atom stereocenters. The van der Waals surface area contributed by atoms with Crippen LogP contribution in [0, 0.1) is 0 Å². The molecular formula is C37H31F6N3O4S. The van der Waals surface area contributed by atoms with Gasteiger partial charge in [0.15, 0.2) is 0 Å². The lowest BCUT2D eigenvalue weighted by Gasteiger charge is -2.42. The number of para-hydroxylation sites is 1. The Hall–Kier alpha value is -5.08. The molecule has 0 spiro atoms. The standard InChI is InChI=1S/C37H31F6N3O4S/c38-36(39,40)33-23-32(34(28-12-6-2-7-13-28)46(33)29-14-8-3-9-15-29)35(47)45-21-20-44(24-27-10-4-1-5-11-27)25-30(45)22-26-16-18-31(19-17-26)50-51(48,49)37(41,42)43/h1-19,23,30H,20-22,24-25H2. The van der Waals surface area contributed by atoms with Gasteiger partial charge < -0.3 is 13.7 Å². The maximum absolute atomic E-state index is 14.7. The molecule has 1 aliphatic heterocycles. The number of amides is 1. The Balaban J connectivity index is 1.38. The van der Waals surface area contributed by atoms with Crippen LogP contribution in [0.25, 0.3) is 16.9 Å². The van der Waals surface area contributed by atoms with Gasteiger partial charge in [-0.2, -0.15) is 34.8 Å². The number of piperazine rings is 1.